The first kappa shape index (κ1) is 35.8. The summed E-state index contributed by atoms with van der Waals surface area (Å²) in [5, 5.41) is 18.1. The molecule has 184 valence electrons. The number of aromatic hydroxyl groups is 1. The van der Waals surface area contributed by atoms with Gasteiger partial charge in [0.05, 0.1) is 20.4 Å². The number of azo groups is 1. The Labute approximate surface area is 284 Å². The van der Waals surface area contributed by atoms with Crippen LogP contribution in [0.15, 0.2) is 67.4 Å². The van der Waals surface area contributed by atoms with E-state index in [1.807, 2.05) is 0 Å². The van der Waals surface area contributed by atoms with Crippen molar-refractivity contribution < 1.29 is 133 Å². The van der Waals surface area contributed by atoms with E-state index < -0.39 is 56.5 Å². The molecule has 4 rings (SSSR count). The average Bonchev–Trinajstić information content (AvgIpc) is 2.75. The zero-order valence-electron chi connectivity index (χ0n) is 20.3. The molecule has 1 N–H and O–H groups in total. The topological polar surface area (TPSA) is 217 Å². The number of hydrogen-bond donors (Lipinski definition) is 1. The van der Waals surface area contributed by atoms with Crippen molar-refractivity contribution in [3.63, 3.8) is 0 Å². The van der Waals surface area contributed by atoms with Gasteiger partial charge in [0, 0.05) is 5.39 Å². The Balaban J connectivity index is 0.00000241. The van der Waals surface area contributed by atoms with Crippen LogP contribution in [0.25, 0.3) is 16.8 Å². The predicted octanol–water partition coefficient (Wildman–Crippen LogP) is -6.36. The van der Waals surface area contributed by atoms with Crippen molar-refractivity contribution in [2.45, 2.75) is 27.5 Å². The second kappa shape index (κ2) is 13.2. The van der Waals surface area contributed by atoms with E-state index in [1.54, 1.807) is 6.08 Å². The van der Waals surface area contributed by atoms with Gasteiger partial charge in [-0.25, -0.2) is 25.3 Å². The molecule has 1 aliphatic carbocycles. The summed E-state index contributed by atoms with van der Waals surface area (Å²) in [6.45, 7) is 0. The number of benzene rings is 3. The average molecular weight is 606 g/mol. The van der Waals surface area contributed by atoms with Crippen molar-refractivity contribution in [3.8, 4) is 5.75 Å². The Kier molecular flexibility index (Phi) is 12.4. The number of fused-ring (bicyclic) bond motifs is 2. The summed E-state index contributed by atoms with van der Waals surface area (Å²) in [4.78, 5) is -2.28. The standard InChI is InChI=1S/C20H16N2O10S3.3Na/c23-20-18(35(30,31)32)10-11-9-12(33(24,25)26)5-6-13(11)19(20)22-21-16-7-8-17(34(27,28)29)15-4-2-1-3-14(15)16;;;/h2,4-10,23H,1,3H2,(H,24,25,26)(H,27,28,29)(H,30,31,32);;;/q;3*+1/p-3. The summed E-state index contributed by atoms with van der Waals surface area (Å²) < 4.78 is 104. The minimum absolute atomic E-state index is 0. The molecule has 0 spiro atoms. The molecule has 0 unspecified atom stereocenters. The molecule has 3 aromatic rings. The molecule has 0 fully saturated rings. The molecule has 12 nitrogen and oxygen atoms in total. The summed E-state index contributed by atoms with van der Waals surface area (Å²) in [7, 11) is -15.0. The van der Waals surface area contributed by atoms with E-state index in [0.29, 0.717) is 24.5 Å². The van der Waals surface area contributed by atoms with Gasteiger partial charge in [0.1, 0.15) is 36.0 Å². The first-order chi connectivity index (χ1) is 16.2. The quantitative estimate of drug-likeness (QED) is 0.165. The van der Waals surface area contributed by atoms with Crippen LogP contribution in [-0.2, 0) is 36.8 Å². The van der Waals surface area contributed by atoms with Crippen LogP contribution in [0.3, 0.4) is 0 Å². The Morgan fingerprint density at radius 1 is 0.763 bits per heavy atom. The van der Waals surface area contributed by atoms with Crippen LogP contribution in [-0.4, -0.2) is 44.0 Å². The number of rotatable bonds is 5. The molecule has 18 heteroatoms. The molecule has 0 atom stereocenters. The van der Waals surface area contributed by atoms with E-state index in [9.17, 15) is 44.0 Å². The normalized spacial score (nSPS) is 13.3. The van der Waals surface area contributed by atoms with Crippen LogP contribution >= 0.6 is 0 Å². The zero-order chi connectivity index (χ0) is 25.8. The van der Waals surface area contributed by atoms with Gasteiger partial charge >= 0.3 is 88.7 Å². The van der Waals surface area contributed by atoms with Gasteiger partial charge in [0.15, 0.2) is 5.75 Å². The fourth-order valence-corrected chi connectivity index (χ4v) is 5.50. The van der Waals surface area contributed by atoms with Crippen molar-refractivity contribution in [2.75, 3.05) is 0 Å². The molecule has 0 radical (unpaired) electrons. The maximum absolute atomic E-state index is 11.7. The van der Waals surface area contributed by atoms with Crippen LogP contribution in [0.5, 0.6) is 5.75 Å². The van der Waals surface area contributed by atoms with Gasteiger partial charge in [-0.05, 0) is 59.7 Å². The largest absolute Gasteiger partial charge is 1.00 e. The fraction of sp³-hybridized carbons (Fsp3) is 0.100. The summed E-state index contributed by atoms with van der Waals surface area (Å²) in [5.41, 5.74) is 0.0908. The Hall–Kier alpha value is -0.210. The Morgan fingerprint density at radius 2 is 1.39 bits per heavy atom. The molecule has 0 bridgehead atoms. The zero-order valence-corrected chi connectivity index (χ0v) is 28.7. The van der Waals surface area contributed by atoms with Crippen molar-refractivity contribution in [3.05, 3.63) is 53.6 Å². The molecule has 0 heterocycles. The first-order valence-electron chi connectivity index (χ1n) is 9.59. The van der Waals surface area contributed by atoms with E-state index in [0.717, 1.165) is 24.3 Å². The van der Waals surface area contributed by atoms with Crippen molar-refractivity contribution in [1.82, 2.24) is 0 Å². The second-order valence-electron chi connectivity index (χ2n) is 7.43. The van der Waals surface area contributed by atoms with Gasteiger partial charge in [-0.2, -0.15) is 5.11 Å². The second-order valence-corrected chi connectivity index (χ2v) is 11.5. The first-order valence-corrected chi connectivity index (χ1v) is 13.8. The summed E-state index contributed by atoms with van der Waals surface area (Å²) >= 11 is 0. The van der Waals surface area contributed by atoms with Gasteiger partial charge in [0.25, 0.3) is 0 Å². The van der Waals surface area contributed by atoms with Gasteiger partial charge < -0.3 is 18.8 Å². The molecule has 0 aliphatic heterocycles. The number of nitrogens with zero attached hydrogens (tertiary/aromatic N) is 2. The van der Waals surface area contributed by atoms with Gasteiger partial charge in [-0.1, -0.05) is 18.2 Å². The third-order valence-electron chi connectivity index (χ3n) is 5.25. The van der Waals surface area contributed by atoms with Crippen LogP contribution < -0.4 is 88.7 Å². The van der Waals surface area contributed by atoms with Crippen molar-refractivity contribution in [1.29, 1.82) is 0 Å². The van der Waals surface area contributed by atoms with Crippen LogP contribution in [0, 0.1) is 0 Å². The third-order valence-corrected chi connectivity index (χ3v) is 7.82. The molecular formula is C20H13N2Na3O10S3. The van der Waals surface area contributed by atoms with Crippen LogP contribution in [0.1, 0.15) is 17.5 Å². The number of phenolic OH excluding ortho intramolecular Hbond substituents is 1. The van der Waals surface area contributed by atoms with Crippen LogP contribution in [0.4, 0.5) is 11.4 Å². The van der Waals surface area contributed by atoms with E-state index in [-0.39, 0.29) is 111 Å². The van der Waals surface area contributed by atoms with Crippen molar-refractivity contribution in [2.24, 2.45) is 10.2 Å². The molecule has 0 amide bonds. The van der Waals surface area contributed by atoms with Crippen LogP contribution in [0.2, 0.25) is 0 Å². The van der Waals surface area contributed by atoms with E-state index in [4.69, 9.17) is 0 Å². The number of phenols is 1. The Bertz CT molecular complexity index is 1790. The van der Waals surface area contributed by atoms with E-state index in [1.165, 1.54) is 12.1 Å². The van der Waals surface area contributed by atoms with E-state index in [2.05, 4.69) is 10.2 Å². The predicted molar refractivity (Wildman–Crippen MR) is 117 cm³/mol. The minimum atomic E-state index is -5.25. The summed E-state index contributed by atoms with van der Waals surface area (Å²) in [5.74, 6) is -1.05. The SMILES string of the molecule is O=S(=O)([O-])c1ccc2c(N=Nc3ccc(S(=O)(=O)[O-])c4c3CCC=C4)c(O)c(S(=O)(=O)[O-])cc2c1.[Na+].[Na+].[Na+]. The smallest absolute Gasteiger partial charge is 0.744 e. The fourth-order valence-electron chi connectivity index (χ4n) is 3.70. The molecule has 0 aromatic heterocycles. The van der Waals surface area contributed by atoms with Gasteiger partial charge in [0.2, 0.25) is 0 Å². The number of hydrogen-bond acceptors (Lipinski definition) is 12. The number of allylic oxidation sites excluding steroid dienone is 1. The molecule has 38 heavy (non-hydrogen) atoms. The monoisotopic (exact) mass is 606 g/mol. The minimum Gasteiger partial charge on any atom is -0.744 e. The summed E-state index contributed by atoms with van der Waals surface area (Å²) in [6.07, 6.45) is 3.92. The summed E-state index contributed by atoms with van der Waals surface area (Å²) in [6, 6.07) is 5.78. The van der Waals surface area contributed by atoms with Gasteiger partial charge in [-0.15, -0.1) is 5.11 Å². The molecule has 3 aromatic carbocycles. The molecule has 0 saturated carbocycles. The van der Waals surface area contributed by atoms with Crippen molar-refractivity contribution >= 4 is 58.6 Å². The molecular weight excluding hydrogens is 593 g/mol. The molecule has 0 saturated heterocycles. The van der Waals surface area contributed by atoms with Gasteiger partial charge in [-0.3, -0.25) is 0 Å². The third kappa shape index (κ3) is 7.54. The maximum Gasteiger partial charge on any atom is 1.00 e. The Morgan fingerprint density at radius 3 is 1.97 bits per heavy atom. The van der Waals surface area contributed by atoms with E-state index >= 15 is 0 Å². The maximum atomic E-state index is 11.7. The molecule has 1 aliphatic rings.